The van der Waals surface area contributed by atoms with Crippen LogP contribution in [-0.4, -0.2) is 24.2 Å². The van der Waals surface area contributed by atoms with E-state index in [0.29, 0.717) is 19.4 Å². The molecule has 17 heavy (non-hydrogen) atoms. The SMILES string of the molecule is Cc1cc(C)c(CC(=O)NCCCO)cc1C. The maximum absolute atomic E-state index is 11.6. The van der Waals surface area contributed by atoms with Crippen LogP contribution in [0.5, 0.6) is 0 Å². The predicted molar refractivity (Wildman–Crippen MR) is 69.1 cm³/mol. The van der Waals surface area contributed by atoms with Gasteiger partial charge in [0.05, 0.1) is 6.42 Å². The summed E-state index contributed by atoms with van der Waals surface area (Å²) in [6, 6.07) is 4.20. The number of aryl methyl sites for hydroxylation is 3. The summed E-state index contributed by atoms with van der Waals surface area (Å²) in [6.45, 7) is 6.82. The third kappa shape index (κ3) is 4.19. The molecular formula is C14H21NO2. The van der Waals surface area contributed by atoms with Crippen molar-refractivity contribution in [1.29, 1.82) is 0 Å². The molecule has 1 aromatic rings. The average molecular weight is 235 g/mol. The summed E-state index contributed by atoms with van der Waals surface area (Å²) in [5, 5.41) is 11.4. The number of benzene rings is 1. The van der Waals surface area contributed by atoms with Gasteiger partial charge in [-0.2, -0.15) is 0 Å². The van der Waals surface area contributed by atoms with Crippen molar-refractivity contribution >= 4 is 5.91 Å². The molecule has 2 N–H and O–H groups in total. The van der Waals surface area contributed by atoms with E-state index in [4.69, 9.17) is 5.11 Å². The third-order valence-electron chi connectivity index (χ3n) is 2.96. The zero-order chi connectivity index (χ0) is 12.8. The highest BCUT2D eigenvalue weighted by Gasteiger charge is 2.07. The molecule has 0 aliphatic heterocycles. The van der Waals surface area contributed by atoms with E-state index < -0.39 is 0 Å². The lowest BCUT2D eigenvalue weighted by atomic mass is 9.98. The summed E-state index contributed by atoms with van der Waals surface area (Å²) in [6.07, 6.45) is 1.02. The van der Waals surface area contributed by atoms with Crippen LogP contribution in [0.25, 0.3) is 0 Å². The van der Waals surface area contributed by atoms with Crippen LogP contribution in [0, 0.1) is 20.8 Å². The molecule has 0 aliphatic rings. The molecule has 1 rings (SSSR count). The number of aliphatic hydroxyl groups is 1. The molecule has 0 atom stereocenters. The second-order valence-electron chi connectivity index (χ2n) is 4.47. The normalized spacial score (nSPS) is 10.4. The fraction of sp³-hybridized carbons (Fsp3) is 0.500. The fourth-order valence-corrected chi connectivity index (χ4v) is 1.75. The summed E-state index contributed by atoms with van der Waals surface area (Å²) in [5.41, 5.74) is 4.71. The summed E-state index contributed by atoms with van der Waals surface area (Å²) < 4.78 is 0. The number of nitrogens with one attached hydrogen (secondary N) is 1. The second kappa shape index (κ2) is 6.40. The molecule has 94 valence electrons. The van der Waals surface area contributed by atoms with Crippen molar-refractivity contribution in [2.24, 2.45) is 0 Å². The lowest BCUT2D eigenvalue weighted by Gasteiger charge is -2.10. The Balaban J connectivity index is 2.62. The lowest BCUT2D eigenvalue weighted by Crippen LogP contribution is -2.26. The van der Waals surface area contributed by atoms with Gasteiger partial charge in [-0.3, -0.25) is 4.79 Å². The van der Waals surface area contributed by atoms with Gasteiger partial charge in [-0.05, 0) is 49.4 Å². The lowest BCUT2D eigenvalue weighted by molar-refractivity contribution is -0.120. The number of aliphatic hydroxyl groups excluding tert-OH is 1. The molecule has 1 amide bonds. The minimum Gasteiger partial charge on any atom is -0.396 e. The molecule has 3 heteroatoms. The monoisotopic (exact) mass is 235 g/mol. The Labute approximate surface area is 103 Å². The molecule has 0 fully saturated rings. The van der Waals surface area contributed by atoms with Crippen LogP contribution in [0.2, 0.25) is 0 Å². The van der Waals surface area contributed by atoms with E-state index in [9.17, 15) is 4.79 Å². The van der Waals surface area contributed by atoms with Crippen molar-refractivity contribution in [2.45, 2.75) is 33.6 Å². The zero-order valence-electron chi connectivity index (χ0n) is 10.8. The van der Waals surface area contributed by atoms with Gasteiger partial charge in [0.25, 0.3) is 0 Å². The van der Waals surface area contributed by atoms with Crippen LogP contribution in [-0.2, 0) is 11.2 Å². The first kappa shape index (κ1) is 13.7. The largest absolute Gasteiger partial charge is 0.396 e. The summed E-state index contributed by atoms with van der Waals surface area (Å²) in [4.78, 5) is 11.6. The molecule has 0 aromatic heterocycles. The van der Waals surface area contributed by atoms with Gasteiger partial charge in [0.15, 0.2) is 0 Å². The second-order valence-corrected chi connectivity index (χ2v) is 4.47. The van der Waals surface area contributed by atoms with Crippen molar-refractivity contribution in [3.63, 3.8) is 0 Å². The first-order chi connectivity index (χ1) is 8.04. The number of rotatable bonds is 5. The molecule has 0 bridgehead atoms. The van der Waals surface area contributed by atoms with Crippen molar-refractivity contribution in [2.75, 3.05) is 13.2 Å². The summed E-state index contributed by atoms with van der Waals surface area (Å²) >= 11 is 0. The molecular weight excluding hydrogens is 214 g/mol. The maximum Gasteiger partial charge on any atom is 0.224 e. The van der Waals surface area contributed by atoms with Crippen molar-refractivity contribution < 1.29 is 9.90 Å². The Morgan fingerprint density at radius 3 is 2.47 bits per heavy atom. The molecule has 0 aliphatic carbocycles. The van der Waals surface area contributed by atoms with Crippen molar-refractivity contribution in [3.05, 3.63) is 34.4 Å². The molecule has 1 aromatic carbocycles. The van der Waals surface area contributed by atoms with E-state index in [1.807, 2.05) is 6.92 Å². The van der Waals surface area contributed by atoms with E-state index in [2.05, 4.69) is 31.3 Å². The van der Waals surface area contributed by atoms with E-state index in [-0.39, 0.29) is 12.5 Å². The molecule has 0 saturated carbocycles. The zero-order valence-corrected chi connectivity index (χ0v) is 10.8. The van der Waals surface area contributed by atoms with Gasteiger partial charge in [0.2, 0.25) is 5.91 Å². The number of carbonyl (C=O) groups is 1. The van der Waals surface area contributed by atoms with Crippen LogP contribution < -0.4 is 5.32 Å². The van der Waals surface area contributed by atoms with E-state index in [0.717, 1.165) is 11.1 Å². The minimum absolute atomic E-state index is 0.0183. The van der Waals surface area contributed by atoms with Gasteiger partial charge in [-0.15, -0.1) is 0 Å². The number of carbonyl (C=O) groups excluding carboxylic acids is 1. The molecule has 0 spiro atoms. The number of hydrogen-bond donors (Lipinski definition) is 2. The maximum atomic E-state index is 11.6. The topological polar surface area (TPSA) is 49.3 Å². The Kier molecular flexibility index (Phi) is 5.16. The van der Waals surface area contributed by atoms with Crippen molar-refractivity contribution in [3.8, 4) is 0 Å². The molecule has 3 nitrogen and oxygen atoms in total. The first-order valence-electron chi connectivity index (χ1n) is 5.99. The highest BCUT2D eigenvalue weighted by molar-refractivity contribution is 5.79. The Bertz CT molecular complexity index is 399. The standard InChI is InChI=1S/C14H21NO2/c1-10-7-12(3)13(8-11(10)2)9-14(17)15-5-4-6-16/h7-8,16H,4-6,9H2,1-3H3,(H,15,17). The smallest absolute Gasteiger partial charge is 0.224 e. The van der Waals surface area contributed by atoms with Crippen LogP contribution >= 0.6 is 0 Å². The van der Waals surface area contributed by atoms with Gasteiger partial charge in [-0.1, -0.05) is 12.1 Å². The average Bonchev–Trinajstić information content (AvgIpc) is 2.26. The van der Waals surface area contributed by atoms with E-state index >= 15 is 0 Å². The van der Waals surface area contributed by atoms with Crippen LogP contribution in [0.1, 0.15) is 28.7 Å². The quantitative estimate of drug-likeness (QED) is 0.762. The number of hydrogen-bond acceptors (Lipinski definition) is 2. The summed E-state index contributed by atoms with van der Waals surface area (Å²) in [7, 11) is 0. The molecule has 0 heterocycles. The van der Waals surface area contributed by atoms with Gasteiger partial charge in [0.1, 0.15) is 0 Å². The Morgan fingerprint density at radius 1 is 1.18 bits per heavy atom. The fourth-order valence-electron chi connectivity index (χ4n) is 1.75. The summed E-state index contributed by atoms with van der Waals surface area (Å²) in [5.74, 6) is 0.0183. The molecule has 0 saturated heterocycles. The third-order valence-corrected chi connectivity index (χ3v) is 2.96. The highest BCUT2D eigenvalue weighted by atomic mass is 16.3. The highest BCUT2D eigenvalue weighted by Crippen LogP contribution is 2.15. The van der Waals surface area contributed by atoms with Crippen LogP contribution in [0.15, 0.2) is 12.1 Å². The Morgan fingerprint density at radius 2 is 1.82 bits per heavy atom. The van der Waals surface area contributed by atoms with Gasteiger partial charge in [0, 0.05) is 13.2 Å². The van der Waals surface area contributed by atoms with E-state index in [1.165, 1.54) is 11.1 Å². The minimum atomic E-state index is 0.0183. The predicted octanol–water partition coefficient (Wildman–Crippen LogP) is 1.65. The van der Waals surface area contributed by atoms with Crippen LogP contribution in [0.3, 0.4) is 0 Å². The van der Waals surface area contributed by atoms with Gasteiger partial charge in [-0.25, -0.2) is 0 Å². The van der Waals surface area contributed by atoms with Gasteiger partial charge < -0.3 is 10.4 Å². The first-order valence-corrected chi connectivity index (χ1v) is 5.99. The molecule has 0 radical (unpaired) electrons. The van der Waals surface area contributed by atoms with E-state index in [1.54, 1.807) is 0 Å². The van der Waals surface area contributed by atoms with Gasteiger partial charge >= 0.3 is 0 Å². The Hall–Kier alpha value is -1.35. The van der Waals surface area contributed by atoms with Crippen molar-refractivity contribution in [1.82, 2.24) is 5.32 Å². The van der Waals surface area contributed by atoms with Crippen LogP contribution in [0.4, 0.5) is 0 Å². The number of amides is 1. The molecule has 0 unspecified atom stereocenters.